The molecule has 0 unspecified atom stereocenters. The van der Waals surface area contributed by atoms with Crippen LogP contribution in [0.5, 0.6) is 0 Å². The van der Waals surface area contributed by atoms with Crippen molar-refractivity contribution in [3.8, 4) is 0 Å². The van der Waals surface area contributed by atoms with Gasteiger partial charge in [-0.3, -0.25) is 9.59 Å². The minimum Gasteiger partial charge on any atom is -0.469 e. The number of hydrogen-bond acceptors (Lipinski definition) is 9. The van der Waals surface area contributed by atoms with E-state index in [2.05, 4.69) is 32.8 Å². The van der Waals surface area contributed by atoms with Crippen molar-refractivity contribution in [1.82, 2.24) is 0 Å². The van der Waals surface area contributed by atoms with Gasteiger partial charge in [0.05, 0.1) is 47.4 Å². The topological polar surface area (TPSA) is 118 Å². The van der Waals surface area contributed by atoms with Crippen LogP contribution in [-0.4, -0.2) is 64.5 Å². The fourth-order valence-corrected chi connectivity index (χ4v) is 3.94. The summed E-state index contributed by atoms with van der Waals surface area (Å²) >= 11 is 0. The van der Waals surface area contributed by atoms with Crippen LogP contribution in [0.15, 0.2) is 35.5 Å². The maximum atomic E-state index is 11.6. The molecule has 41 heavy (non-hydrogen) atoms. The Morgan fingerprint density at radius 1 is 0.659 bits per heavy atom. The Balaban J connectivity index is 0.000000782. The second-order valence-electron chi connectivity index (χ2n) is 9.85. The van der Waals surface area contributed by atoms with Crippen molar-refractivity contribution in [2.75, 3.05) is 28.4 Å². The van der Waals surface area contributed by atoms with Gasteiger partial charge in [0.15, 0.2) is 0 Å². The summed E-state index contributed by atoms with van der Waals surface area (Å²) in [6.07, 6.45) is 21.4. The molecule has 1 aliphatic rings. The van der Waals surface area contributed by atoms with E-state index in [9.17, 15) is 19.2 Å². The molecule has 0 aromatic carbocycles. The number of epoxide rings is 1. The summed E-state index contributed by atoms with van der Waals surface area (Å²) in [5.74, 6) is -1.90. The van der Waals surface area contributed by atoms with Crippen LogP contribution in [0.2, 0.25) is 0 Å². The molecule has 0 bridgehead atoms. The molecule has 1 aliphatic heterocycles. The highest BCUT2D eigenvalue weighted by Crippen LogP contribution is 2.30. The third kappa shape index (κ3) is 19.7. The zero-order valence-electron chi connectivity index (χ0n) is 26.0. The highest BCUT2D eigenvalue weighted by atomic mass is 16.6. The van der Waals surface area contributed by atoms with Gasteiger partial charge in [-0.25, -0.2) is 9.59 Å². The van der Waals surface area contributed by atoms with Crippen LogP contribution in [0.3, 0.4) is 0 Å². The zero-order chi connectivity index (χ0) is 30.9. The molecule has 234 valence electrons. The van der Waals surface area contributed by atoms with Gasteiger partial charge in [-0.1, -0.05) is 89.9 Å². The predicted molar refractivity (Wildman–Crippen MR) is 158 cm³/mol. The molecule has 1 saturated heterocycles. The van der Waals surface area contributed by atoms with Crippen molar-refractivity contribution in [3.63, 3.8) is 0 Å². The lowest BCUT2D eigenvalue weighted by atomic mass is 10.1. The molecule has 1 rings (SSSR count). The number of unbranched alkanes of at least 4 members (excludes halogenated alkanes) is 9. The first-order chi connectivity index (χ1) is 19.8. The Morgan fingerprint density at radius 2 is 1.17 bits per heavy atom. The molecule has 0 saturated carbocycles. The molecular formula is C32H52O9. The summed E-state index contributed by atoms with van der Waals surface area (Å²) in [5, 5.41) is 0. The Kier molecular flexibility index (Phi) is 23.0. The van der Waals surface area contributed by atoms with E-state index in [-0.39, 0.29) is 25.0 Å². The van der Waals surface area contributed by atoms with E-state index in [1.54, 1.807) is 18.2 Å². The minimum absolute atomic E-state index is 0.0655. The highest BCUT2D eigenvalue weighted by molar-refractivity contribution is 5.94. The smallest absolute Gasteiger partial charge is 0.334 e. The summed E-state index contributed by atoms with van der Waals surface area (Å²) in [7, 11) is 5.19. The summed E-state index contributed by atoms with van der Waals surface area (Å²) in [5.41, 5.74) is 0.615. The molecule has 0 amide bonds. The van der Waals surface area contributed by atoms with Crippen LogP contribution in [0.4, 0.5) is 0 Å². The maximum Gasteiger partial charge on any atom is 0.334 e. The zero-order valence-corrected chi connectivity index (χ0v) is 26.0. The van der Waals surface area contributed by atoms with Crippen molar-refractivity contribution in [2.45, 2.75) is 116 Å². The number of ether oxygens (including phenoxy) is 5. The van der Waals surface area contributed by atoms with Crippen molar-refractivity contribution in [3.05, 3.63) is 35.5 Å². The van der Waals surface area contributed by atoms with E-state index in [0.717, 1.165) is 25.7 Å². The molecule has 9 heteroatoms. The van der Waals surface area contributed by atoms with Crippen LogP contribution in [-0.2, 0) is 42.9 Å². The molecule has 0 aromatic rings. The molecule has 0 radical (unpaired) electrons. The lowest BCUT2D eigenvalue weighted by Crippen LogP contribution is -2.12. The molecule has 0 aliphatic carbocycles. The minimum atomic E-state index is -0.502. The monoisotopic (exact) mass is 580 g/mol. The van der Waals surface area contributed by atoms with Gasteiger partial charge in [0.2, 0.25) is 0 Å². The number of hydrogen-bond donors (Lipinski definition) is 0. The molecule has 2 atom stereocenters. The van der Waals surface area contributed by atoms with Crippen LogP contribution in [0.1, 0.15) is 104 Å². The number of carbonyl (C=O) groups excluding carboxylic acids is 4. The Morgan fingerprint density at radius 3 is 1.71 bits per heavy atom. The number of esters is 4. The van der Waals surface area contributed by atoms with E-state index >= 15 is 0 Å². The van der Waals surface area contributed by atoms with E-state index in [1.807, 2.05) is 6.08 Å². The van der Waals surface area contributed by atoms with Gasteiger partial charge in [-0.15, -0.1) is 0 Å². The van der Waals surface area contributed by atoms with Gasteiger partial charge in [0.25, 0.3) is 0 Å². The summed E-state index contributed by atoms with van der Waals surface area (Å²) in [4.78, 5) is 45.6. The van der Waals surface area contributed by atoms with Gasteiger partial charge < -0.3 is 23.7 Å². The fourth-order valence-electron chi connectivity index (χ4n) is 3.94. The molecule has 1 fully saturated rings. The van der Waals surface area contributed by atoms with E-state index in [1.165, 1.54) is 79.8 Å². The Hall–Kier alpha value is -2.94. The number of methoxy groups -OCH3 is 4. The normalized spacial score (nSPS) is 16.4. The second-order valence-corrected chi connectivity index (χ2v) is 9.85. The highest BCUT2D eigenvalue weighted by Gasteiger charge is 2.37. The first-order valence-corrected chi connectivity index (χ1v) is 14.8. The Labute approximate surface area is 246 Å². The predicted octanol–water partition coefficient (Wildman–Crippen LogP) is 6.34. The average molecular weight is 581 g/mol. The summed E-state index contributed by atoms with van der Waals surface area (Å²) in [6, 6.07) is 0. The van der Waals surface area contributed by atoms with Gasteiger partial charge in [-0.05, 0) is 25.3 Å². The SMILES string of the molecule is CCCCCCC/C=C/C=C(\CC(=O)OC)C(=O)OC.CCCCCCC[C@@H]1O[C@H]1/C=C(\CC(=O)OC)C(=O)OC. The van der Waals surface area contributed by atoms with Crippen molar-refractivity contribution in [2.24, 2.45) is 0 Å². The van der Waals surface area contributed by atoms with Gasteiger partial charge in [0.1, 0.15) is 6.10 Å². The van der Waals surface area contributed by atoms with E-state index in [4.69, 9.17) is 4.74 Å². The molecule has 1 heterocycles. The lowest BCUT2D eigenvalue weighted by molar-refractivity contribution is -0.143. The quantitative estimate of drug-likeness (QED) is 0.0406. The molecule has 0 N–H and O–H groups in total. The van der Waals surface area contributed by atoms with Crippen molar-refractivity contribution < 1.29 is 42.9 Å². The second kappa shape index (κ2) is 24.8. The molecule has 0 aromatic heterocycles. The first kappa shape index (κ1) is 38.1. The molecule has 9 nitrogen and oxygen atoms in total. The Bertz CT molecular complexity index is 857. The van der Waals surface area contributed by atoms with Crippen LogP contribution >= 0.6 is 0 Å². The van der Waals surface area contributed by atoms with Gasteiger partial charge in [0, 0.05) is 11.1 Å². The molecular weight excluding hydrogens is 528 g/mol. The molecule has 0 spiro atoms. The van der Waals surface area contributed by atoms with Crippen LogP contribution < -0.4 is 0 Å². The standard InChI is InChI=1S/C16H26O5.C16H26O4/c1-4-5-6-7-8-9-13-14(21-13)10-12(16(18)20-3)11-15(17)19-2;1-4-5-6-7-8-9-10-11-12-14(16(18)20-3)13-15(17)19-2/h10,13-14H,4-9,11H2,1-3H3;10-12H,4-9,13H2,1-3H3/b12-10+;11-10+,14-12+/t13-,14-;/m0./s1. The summed E-state index contributed by atoms with van der Waals surface area (Å²) in [6.45, 7) is 4.39. The van der Waals surface area contributed by atoms with Crippen molar-refractivity contribution >= 4 is 23.9 Å². The van der Waals surface area contributed by atoms with Crippen LogP contribution in [0.25, 0.3) is 0 Å². The maximum absolute atomic E-state index is 11.6. The van der Waals surface area contributed by atoms with E-state index < -0.39 is 23.9 Å². The van der Waals surface area contributed by atoms with Gasteiger partial charge >= 0.3 is 23.9 Å². The fraction of sp³-hybridized carbons (Fsp3) is 0.688. The largest absolute Gasteiger partial charge is 0.469 e. The van der Waals surface area contributed by atoms with Crippen molar-refractivity contribution in [1.29, 1.82) is 0 Å². The third-order valence-electron chi connectivity index (χ3n) is 6.51. The summed E-state index contributed by atoms with van der Waals surface area (Å²) < 4.78 is 24.0. The van der Waals surface area contributed by atoms with Gasteiger partial charge in [-0.2, -0.15) is 0 Å². The number of rotatable bonds is 20. The third-order valence-corrected chi connectivity index (χ3v) is 6.51. The number of allylic oxidation sites excluding steroid dienone is 3. The first-order valence-electron chi connectivity index (χ1n) is 14.8. The number of carbonyl (C=O) groups is 4. The van der Waals surface area contributed by atoms with E-state index in [0.29, 0.717) is 11.1 Å². The lowest BCUT2D eigenvalue weighted by Gasteiger charge is -2.03. The van der Waals surface area contributed by atoms with Crippen LogP contribution in [0, 0.1) is 0 Å². The average Bonchev–Trinajstić information content (AvgIpc) is 3.73.